The van der Waals surface area contributed by atoms with Crippen LogP contribution in [0.25, 0.3) is 0 Å². The lowest BCUT2D eigenvalue weighted by Gasteiger charge is -2.24. The summed E-state index contributed by atoms with van der Waals surface area (Å²) in [7, 11) is 0. The number of ether oxygens (including phenoxy) is 1. The van der Waals surface area contributed by atoms with Crippen LogP contribution in [0.3, 0.4) is 0 Å². The van der Waals surface area contributed by atoms with Crippen molar-refractivity contribution in [2.75, 3.05) is 26.2 Å². The summed E-state index contributed by atoms with van der Waals surface area (Å²) in [5.74, 6) is 0. The first-order valence-electron chi connectivity index (χ1n) is 4.29. The number of piperidine rings is 1. The Balaban J connectivity index is 1.90. The standard InChI is InChI=1S/C8H13BrN2O/c9-7(10)12-6-8-1-3-11(5-8)4-2-8/h10H,1-6H2. The Morgan fingerprint density at radius 2 is 2.17 bits per heavy atom. The summed E-state index contributed by atoms with van der Waals surface area (Å²) in [5.41, 5.74) is 0.375. The van der Waals surface area contributed by atoms with Gasteiger partial charge in [-0.1, -0.05) is 0 Å². The summed E-state index contributed by atoms with van der Waals surface area (Å²) in [6.07, 6.45) is 2.49. The van der Waals surface area contributed by atoms with E-state index < -0.39 is 0 Å². The Bertz CT molecular complexity index is 199. The molecule has 0 aromatic carbocycles. The maximum atomic E-state index is 7.11. The van der Waals surface area contributed by atoms with Crippen LogP contribution < -0.4 is 0 Å². The van der Waals surface area contributed by atoms with Crippen LogP contribution >= 0.6 is 15.9 Å². The van der Waals surface area contributed by atoms with Gasteiger partial charge in [0, 0.05) is 27.9 Å². The molecule has 2 aliphatic rings. The van der Waals surface area contributed by atoms with E-state index >= 15 is 0 Å². The Kier molecular flexibility index (Phi) is 2.12. The molecule has 0 unspecified atom stereocenters. The smallest absolute Gasteiger partial charge is 0.251 e. The van der Waals surface area contributed by atoms with Crippen LogP contribution in [0.4, 0.5) is 0 Å². The van der Waals surface area contributed by atoms with Gasteiger partial charge in [-0.15, -0.1) is 0 Å². The second kappa shape index (κ2) is 3.00. The van der Waals surface area contributed by atoms with Gasteiger partial charge in [0.25, 0.3) is 4.81 Å². The highest BCUT2D eigenvalue weighted by Crippen LogP contribution is 2.40. The van der Waals surface area contributed by atoms with Gasteiger partial charge in [0.05, 0.1) is 6.61 Å². The van der Waals surface area contributed by atoms with Crippen LogP contribution in [-0.4, -0.2) is 35.9 Å². The molecule has 2 rings (SSSR count). The maximum Gasteiger partial charge on any atom is 0.251 e. The number of nitrogens with zero attached hydrogens (tertiary/aromatic N) is 1. The lowest BCUT2D eigenvalue weighted by molar-refractivity contribution is 0.162. The van der Waals surface area contributed by atoms with Crippen molar-refractivity contribution in [3.63, 3.8) is 0 Å². The average Bonchev–Trinajstić information content (AvgIpc) is 2.60. The summed E-state index contributed by atoms with van der Waals surface area (Å²) < 4.78 is 5.22. The normalized spacial score (nSPS) is 38.6. The van der Waals surface area contributed by atoms with E-state index in [2.05, 4.69) is 20.8 Å². The molecule has 3 nitrogen and oxygen atoms in total. The van der Waals surface area contributed by atoms with E-state index in [4.69, 9.17) is 10.1 Å². The van der Waals surface area contributed by atoms with Gasteiger partial charge >= 0.3 is 0 Å². The molecule has 0 amide bonds. The monoisotopic (exact) mass is 232 g/mol. The second-order valence-electron chi connectivity index (χ2n) is 3.84. The van der Waals surface area contributed by atoms with Gasteiger partial charge in [-0.2, -0.15) is 0 Å². The van der Waals surface area contributed by atoms with Crippen molar-refractivity contribution in [1.29, 1.82) is 5.41 Å². The summed E-state index contributed by atoms with van der Waals surface area (Å²) in [5, 5.41) is 7.11. The van der Waals surface area contributed by atoms with Crippen LogP contribution in [0.1, 0.15) is 12.8 Å². The second-order valence-corrected chi connectivity index (χ2v) is 4.56. The summed E-state index contributed by atoms with van der Waals surface area (Å²) >= 11 is 3.00. The molecule has 2 saturated heterocycles. The van der Waals surface area contributed by atoms with Crippen molar-refractivity contribution >= 4 is 20.7 Å². The lowest BCUT2D eigenvalue weighted by atomic mass is 9.86. The first-order chi connectivity index (χ1) is 5.70. The number of fused-ring (bicyclic) bond motifs is 2. The minimum atomic E-state index is 0.169. The number of halogens is 1. The van der Waals surface area contributed by atoms with Gasteiger partial charge in [0.15, 0.2) is 0 Å². The molecule has 2 aliphatic heterocycles. The van der Waals surface area contributed by atoms with Crippen molar-refractivity contribution in [3.05, 3.63) is 0 Å². The largest absolute Gasteiger partial charge is 0.472 e. The van der Waals surface area contributed by atoms with Crippen LogP contribution in [-0.2, 0) is 4.74 Å². The van der Waals surface area contributed by atoms with E-state index in [1.165, 1.54) is 32.5 Å². The molecule has 68 valence electrons. The zero-order valence-corrected chi connectivity index (χ0v) is 8.56. The first kappa shape index (κ1) is 8.51. The van der Waals surface area contributed by atoms with Crippen LogP contribution in [0.15, 0.2) is 0 Å². The molecule has 2 heterocycles. The summed E-state index contributed by atoms with van der Waals surface area (Å²) in [6, 6.07) is 0. The van der Waals surface area contributed by atoms with Crippen molar-refractivity contribution in [2.24, 2.45) is 5.41 Å². The highest BCUT2D eigenvalue weighted by molar-refractivity contribution is 9.18. The van der Waals surface area contributed by atoms with Gasteiger partial charge in [-0.25, -0.2) is 0 Å². The van der Waals surface area contributed by atoms with Crippen molar-refractivity contribution in [2.45, 2.75) is 12.8 Å². The lowest BCUT2D eigenvalue weighted by Crippen LogP contribution is -2.26. The Morgan fingerprint density at radius 3 is 2.58 bits per heavy atom. The SMILES string of the molecule is N=C(Br)OCC12CCN(CC1)C2. The third-order valence-corrected chi connectivity index (χ3v) is 3.21. The molecule has 4 heteroatoms. The van der Waals surface area contributed by atoms with E-state index in [1.54, 1.807) is 0 Å². The van der Waals surface area contributed by atoms with Gasteiger partial charge in [0.1, 0.15) is 0 Å². The molecule has 0 aromatic heterocycles. The van der Waals surface area contributed by atoms with E-state index in [0.717, 1.165) is 0 Å². The molecule has 0 atom stereocenters. The molecule has 2 fully saturated rings. The van der Waals surface area contributed by atoms with Crippen molar-refractivity contribution in [1.82, 2.24) is 4.90 Å². The molecular weight excluding hydrogens is 220 g/mol. The van der Waals surface area contributed by atoms with Crippen molar-refractivity contribution in [3.8, 4) is 0 Å². The quantitative estimate of drug-likeness (QED) is 0.578. The number of rotatable bonds is 2. The molecule has 0 aliphatic carbocycles. The summed E-state index contributed by atoms with van der Waals surface area (Å²) in [4.78, 5) is 2.64. The topological polar surface area (TPSA) is 36.3 Å². The predicted octanol–water partition coefficient (Wildman–Crippen LogP) is 1.43. The maximum absolute atomic E-state index is 7.11. The van der Waals surface area contributed by atoms with Gasteiger partial charge in [-0.3, -0.25) is 5.41 Å². The first-order valence-corrected chi connectivity index (χ1v) is 5.09. The number of hydrogen-bond acceptors (Lipinski definition) is 3. The highest BCUT2D eigenvalue weighted by Gasteiger charge is 2.44. The molecule has 0 spiro atoms. The molecular formula is C8H13BrN2O. The zero-order valence-electron chi connectivity index (χ0n) is 6.98. The van der Waals surface area contributed by atoms with Gasteiger partial charge in [-0.05, 0) is 25.9 Å². The molecule has 0 aromatic rings. The third-order valence-electron chi connectivity index (χ3n) is 2.98. The number of nitrogens with one attached hydrogen (secondary N) is 1. The van der Waals surface area contributed by atoms with Gasteiger partial charge in [0.2, 0.25) is 0 Å². The fraction of sp³-hybridized carbons (Fsp3) is 0.875. The highest BCUT2D eigenvalue weighted by atomic mass is 79.9. The van der Waals surface area contributed by atoms with Gasteiger partial charge < -0.3 is 9.64 Å². The average molecular weight is 233 g/mol. The molecule has 2 bridgehead atoms. The fourth-order valence-electron chi connectivity index (χ4n) is 2.22. The summed E-state index contributed by atoms with van der Waals surface area (Å²) in [6.45, 7) is 4.33. The molecule has 12 heavy (non-hydrogen) atoms. The van der Waals surface area contributed by atoms with E-state index in [0.29, 0.717) is 12.0 Å². The Morgan fingerprint density at radius 1 is 1.50 bits per heavy atom. The van der Waals surface area contributed by atoms with Crippen LogP contribution in [0.2, 0.25) is 0 Å². The Hall–Kier alpha value is -0.0900. The molecule has 1 N–H and O–H groups in total. The van der Waals surface area contributed by atoms with E-state index in [-0.39, 0.29) is 4.81 Å². The molecule has 0 saturated carbocycles. The minimum Gasteiger partial charge on any atom is -0.472 e. The molecule has 0 radical (unpaired) electrons. The third kappa shape index (κ3) is 1.50. The fourth-order valence-corrected chi connectivity index (χ4v) is 2.34. The zero-order chi connectivity index (χ0) is 8.60. The van der Waals surface area contributed by atoms with Crippen LogP contribution in [0, 0.1) is 10.8 Å². The predicted molar refractivity (Wildman–Crippen MR) is 50.7 cm³/mol. The van der Waals surface area contributed by atoms with E-state index in [9.17, 15) is 0 Å². The van der Waals surface area contributed by atoms with Crippen molar-refractivity contribution < 1.29 is 4.74 Å². The minimum absolute atomic E-state index is 0.169. The number of hydrogen-bond donors (Lipinski definition) is 1. The van der Waals surface area contributed by atoms with Crippen LogP contribution in [0.5, 0.6) is 0 Å². The Labute approximate surface area is 80.7 Å². The van der Waals surface area contributed by atoms with E-state index in [1.807, 2.05) is 0 Å².